The zero-order valence-corrected chi connectivity index (χ0v) is 12.1. The Balaban J connectivity index is 2.80. The summed E-state index contributed by atoms with van der Waals surface area (Å²) in [5, 5.41) is 12.6. The maximum atomic E-state index is 12.5. The first-order valence-corrected chi connectivity index (χ1v) is 7.06. The Hall–Kier alpha value is -1.77. The summed E-state index contributed by atoms with van der Waals surface area (Å²) in [7, 11) is 0. The van der Waals surface area contributed by atoms with E-state index < -0.39 is 24.7 Å². The van der Waals surface area contributed by atoms with Crippen molar-refractivity contribution < 1.29 is 27.9 Å². The van der Waals surface area contributed by atoms with Gasteiger partial charge in [0.1, 0.15) is 11.5 Å². The van der Waals surface area contributed by atoms with Gasteiger partial charge in [-0.2, -0.15) is 13.2 Å². The third kappa shape index (κ3) is 5.62. The molecule has 0 radical (unpaired) electrons. The van der Waals surface area contributed by atoms with Gasteiger partial charge in [-0.15, -0.1) is 11.3 Å². The molecule has 0 saturated heterocycles. The summed E-state index contributed by atoms with van der Waals surface area (Å²) in [6, 6.07) is 0.327. The van der Waals surface area contributed by atoms with Crippen molar-refractivity contribution in [2.24, 2.45) is 0 Å². The fraction of sp³-hybridized carbons (Fsp3) is 0.500. The third-order valence-electron chi connectivity index (χ3n) is 2.56. The van der Waals surface area contributed by atoms with E-state index in [4.69, 9.17) is 5.11 Å². The first-order chi connectivity index (χ1) is 9.74. The number of aromatic carboxylic acids is 1. The molecule has 0 spiro atoms. The fourth-order valence-corrected chi connectivity index (χ4v) is 2.34. The van der Waals surface area contributed by atoms with Gasteiger partial charge in [-0.1, -0.05) is 13.3 Å². The van der Waals surface area contributed by atoms with Crippen LogP contribution < -0.4 is 5.32 Å². The molecular formula is C12H15F3N2O3S. The van der Waals surface area contributed by atoms with Crippen molar-refractivity contribution in [3.8, 4) is 0 Å². The summed E-state index contributed by atoms with van der Waals surface area (Å²) in [6.07, 6.45) is -3.43. The number of halogens is 3. The van der Waals surface area contributed by atoms with Crippen molar-refractivity contribution in [2.45, 2.75) is 25.9 Å². The van der Waals surface area contributed by atoms with Gasteiger partial charge in [0.15, 0.2) is 0 Å². The van der Waals surface area contributed by atoms with Gasteiger partial charge in [-0.25, -0.2) is 9.59 Å². The molecule has 118 valence electrons. The first kappa shape index (κ1) is 17.3. The van der Waals surface area contributed by atoms with E-state index in [0.29, 0.717) is 17.7 Å². The van der Waals surface area contributed by atoms with Crippen LogP contribution in [0.25, 0.3) is 0 Å². The summed E-state index contributed by atoms with van der Waals surface area (Å²) in [5.41, 5.74) is -0.143. The second-order valence-corrected chi connectivity index (χ2v) is 5.21. The number of nitrogens with one attached hydrogen (secondary N) is 1. The van der Waals surface area contributed by atoms with E-state index >= 15 is 0 Å². The molecule has 2 N–H and O–H groups in total. The van der Waals surface area contributed by atoms with Crippen LogP contribution in [0.4, 0.5) is 23.0 Å². The van der Waals surface area contributed by atoms with E-state index in [1.165, 1.54) is 11.4 Å². The molecule has 0 aliphatic carbocycles. The smallest absolute Gasteiger partial charge is 0.406 e. The van der Waals surface area contributed by atoms with E-state index in [0.717, 1.165) is 11.3 Å². The number of amides is 2. The number of nitrogens with zero attached hydrogens (tertiary/aromatic N) is 1. The average Bonchev–Trinajstić information content (AvgIpc) is 2.81. The number of hydrogen-bond acceptors (Lipinski definition) is 3. The number of hydrogen-bond donors (Lipinski definition) is 2. The van der Waals surface area contributed by atoms with E-state index in [9.17, 15) is 22.8 Å². The quantitative estimate of drug-likeness (QED) is 0.839. The molecule has 0 saturated carbocycles. The predicted molar refractivity (Wildman–Crippen MR) is 72.8 cm³/mol. The highest BCUT2D eigenvalue weighted by Crippen LogP contribution is 2.24. The largest absolute Gasteiger partial charge is 0.478 e. The first-order valence-electron chi connectivity index (χ1n) is 6.18. The second-order valence-electron chi connectivity index (χ2n) is 4.29. The number of carbonyl (C=O) groups excluding carboxylic acids is 1. The van der Waals surface area contributed by atoms with Crippen LogP contribution in [0, 0.1) is 0 Å². The molecule has 1 heterocycles. The lowest BCUT2D eigenvalue weighted by atomic mass is 10.3. The Morgan fingerprint density at radius 3 is 2.62 bits per heavy atom. The van der Waals surface area contributed by atoms with Crippen LogP contribution in [0.15, 0.2) is 11.4 Å². The van der Waals surface area contributed by atoms with Crippen LogP contribution in [0.2, 0.25) is 0 Å². The molecule has 0 unspecified atom stereocenters. The molecule has 1 aromatic heterocycles. The normalized spacial score (nSPS) is 11.2. The minimum atomic E-state index is -4.50. The molecule has 9 heteroatoms. The van der Waals surface area contributed by atoms with Crippen LogP contribution in [0.5, 0.6) is 0 Å². The zero-order chi connectivity index (χ0) is 16.0. The van der Waals surface area contributed by atoms with Crippen molar-refractivity contribution in [2.75, 3.05) is 18.4 Å². The van der Waals surface area contributed by atoms with Crippen LogP contribution >= 0.6 is 11.3 Å². The van der Waals surface area contributed by atoms with Gasteiger partial charge in [-0.05, 0) is 17.9 Å². The number of urea groups is 1. The highest BCUT2D eigenvalue weighted by molar-refractivity contribution is 7.14. The van der Waals surface area contributed by atoms with Gasteiger partial charge >= 0.3 is 18.2 Å². The maximum absolute atomic E-state index is 12.5. The Morgan fingerprint density at radius 1 is 1.43 bits per heavy atom. The molecule has 1 aromatic rings. The highest BCUT2D eigenvalue weighted by Gasteiger charge is 2.33. The molecule has 0 atom stereocenters. The van der Waals surface area contributed by atoms with E-state index in [1.807, 2.05) is 0 Å². The Kier molecular flexibility index (Phi) is 6.01. The summed E-state index contributed by atoms with van der Waals surface area (Å²) in [5.74, 6) is -1.25. The lowest BCUT2D eigenvalue weighted by Crippen LogP contribution is -2.42. The third-order valence-corrected chi connectivity index (χ3v) is 3.38. The fourth-order valence-electron chi connectivity index (χ4n) is 1.57. The molecule has 21 heavy (non-hydrogen) atoms. The lowest BCUT2D eigenvalue weighted by Gasteiger charge is -2.23. The van der Waals surface area contributed by atoms with Gasteiger partial charge in [0.25, 0.3) is 0 Å². The van der Waals surface area contributed by atoms with E-state index in [1.54, 1.807) is 6.92 Å². The number of carboxylic acids is 1. The van der Waals surface area contributed by atoms with Gasteiger partial charge in [-0.3, -0.25) is 5.32 Å². The monoisotopic (exact) mass is 324 g/mol. The Bertz CT molecular complexity index is 502. The summed E-state index contributed by atoms with van der Waals surface area (Å²) < 4.78 is 37.4. The Morgan fingerprint density at radius 2 is 2.10 bits per heavy atom. The van der Waals surface area contributed by atoms with Crippen LogP contribution in [0.3, 0.4) is 0 Å². The topological polar surface area (TPSA) is 69.6 Å². The predicted octanol–water partition coefficient (Wildman–Crippen LogP) is 3.64. The highest BCUT2D eigenvalue weighted by atomic mass is 32.1. The Labute approximate surface area is 123 Å². The van der Waals surface area contributed by atoms with E-state index in [-0.39, 0.29) is 17.1 Å². The number of carbonyl (C=O) groups is 2. The molecule has 1 rings (SSSR count). The molecular weight excluding hydrogens is 309 g/mol. The van der Waals surface area contributed by atoms with Crippen molar-refractivity contribution in [3.05, 3.63) is 17.0 Å². The number of anilines is 1. The van der Waals surface area contributed by atoms with Crippen LogP contribution in [-0.2, 0) is 0 Å². The number of unbranched alkanes of at least 4 members (excludes halogenated alkanes) is 1. The lowest BCUT2D eigenvalue weighted by molar-refractivity contribution is -0.139. The molecule has 0 bridgehead atoms. The number of rotatable bonds is 6. The molecule has 0 aromatic carbocycles. The molecule has 0 fully saturated rings. The van der Waals surface area contributed by atoms with Gasteiger partial charge in [0.05, 0.1) is 5.56 Å². The van der Waals surface area contributed by atoms with Crippen molar-refractivity contribution >= 4 is 28.3 Å². The number of carboxylic acid groups (broad SMARTS) is 1. The number of thiophene rings is 1. The number of alkyl halides is 3. The van der Waals surface area contributed by atoms with E-state index in [2.05, 4.69) is 5.32 Å². The molecule has 0 aliphatic heterocycles. The van der Waals surface area contributed by atoms with Crippen molar-refractivity contribution in [1.29, 1.82) is 0 Å². The van der Waals surface area contributed by atoms with Crippen LogP contribution in [-0.4, -0.2) is 41.3 Å². The summed E-state index contributed by atoms with van der Waals surface area (Å²) >= 11 is 0.945. The van der Waals surface area contributed by atoms with Gasteiger partial charge in [0.2, 0.25) is 0 Å². The molecule has 5 nitrogen and oxygen atoms in total. The molecule has 2 amide bonds. The minimum Gasteiger partial charge on any atom is -0.478 e. The van der Waals surface area contributed by atoms with Gasteiger partial charge < -0.3 is 10.0 Å². The van der Waals surface area contributed by atoms with Crippen molar-refractivity contribution in [3.63, 3.8) is 0 Å². The maximum Gasteiger partial charge on any atom is 0.406 e. The molecule has 0 aliphatic rings. The van der Waals surface area contributed by atoms with Gasteiger partial charge in [0, 0.05) is 6.54 Å². The van der Waals surface area contributed by atoms with Crippen molar-refractivity contribution in [1.82, 2.24) is 4.90 Å². The summed E-state index contributed by atoms with van der Waals surface area (Å²) in [6.45, 7) is 0.383. The minimum absolute atomic E-state index is 0.0242. The second kappa shape index (κ2) is 7.30. The zero-order valence-electron chi connectivity index (χ0n) is 11.2. The summed E-state index contributed by atoms with van der Waals surface area (Å²) in [4.78, 5) is 23.4. The average molecular weight is 324 g/mol. The van der Waals surface area contributed by atoms with Crippen LogP contribution in [0.1, 0.15) is 30.1 Å². The SMILES string of the molecule is CCCCN(CC(F)(F)F)C(=O)Nc1sccc1C(=O)O. The standard InChI is InChI=1S/C12H15F3N2O3S/c1-2-3-5-17(7-12(13,14)15)11(20)16-9-8(10(18)19)4-6-21-9/h4,6H,2-3,5,7H2,1H3,(H,16,20)(H,18,19).